The third-order valence-electron chi connectivity index (χ3n) is 2.46. The van der Waals surface area contributed by atoms with Crippen molar-refractivity contribution in [2.24, 2.45) is 0 Å². The number of nitrogens with one attached hydrogen (secondary N) is 1. The van der Waals surface area contributed by atoms with Crippen molar-refractivity contribution in [1.82, 2.24) is 5.32 Å². The van der Waals surface area contributed by atoms with Crippen molar-refractivity contribution in [3.05, 3.63) is 35.6 Å². The van der Waals surface area contributed by atoms with Crippen LogP contribution in [-0.4, -0.2) is 23.0 Å². The molecule has 0 saturated heterocycles. The number of hydrogen-bond acceptors (Lipinski definition) is 2. The Hall–Kier alpha value is -1.91. The van der Waals surface area contributed by atoms with Gasteiger partial charge in [0, 0.05) is 0 Å². The van der Waals surface area contributed by atoms with Gasteiger partial charge in [-0.2, -0.15) is 0 Å². The summed E-state index contributed by atoms with van der Waals surface area (Å²) in [7, 11) is 0. The van der Waals surface area contributed by atoms with Crippen LogP contribution in [0.4, 0.5) is 4.39 Å². The average molecular weight is 253 g/mol. The fourth-order valence-corrected chi connectivity index (χ4v) is 1.62. The average Bonchev–Trinajstić information content (AvgIpc) is 2.28. The Labute approximate surface area is 105 Å². The molecule has 0 spiro atoms. The van der Waals surface area contributed by atoms with E-state index in [2.05, 4.69) is 5.32 Å². The van der Waals surface area contributed by atoms with Crippen LogP contribution >= 0.6 is 0 Å². The molecule has 0 heterocycles. The predicted octanol–water partition coefficient (Wildman–Crippen LogP) is 1.74. The number of benzene rings is 1. The number of amides is 1. The number of carbonyl (C=O) groups excluding carboxylic acids is 1. The maximum absolute atomic E-state index is 12.9. The number of carboxylic acid groups (broad SMARTS) is 1. The van der Waals surface area contributed by atoms with Crippen LogP contribution in [0.3, 0.4) is 0 Å². The Bertz CT molecular complexity index is 434. The smallest absolute Gasteiger partial charge is 0.326 e. The lowest BCUT2D eigenvalue weighted by molar-refractivity contribution is -0.141. The molecule has 98 valence electrons. The molecule has 0 aliphatic rings. The Morgan fingerprint density at radius 2 is 2.17 bits per heavy atom. The van der Waals surface area contributed by atoms with Crippen molar-refractivity contribution in [3.63, 3.8) is 0 Å². The van der Waals surface area contributed by atoms with Crippen LogP contribution in [-0.2, 0) is 16.0 Å². The quantitative estimate of drug-likeness (QED) is 0.811. The molecule has 0 fully saturated rings. The lowest BCUT2D eigenvalue weighted by Crippen LogP contribution is -2.41. The molecule has 0 bridgehead atoms. The number of halogens is 1. The highest BCUT2D eigenvalue weighted by Gasteiger charge is 2.18. The Balaban J connectivity index is 2.57. The fourth-order valence-electron chi connectivity index (χ4n) is 1.62. The van der Waals surface area contributed by atoms with E-state index in [0.29, 0.717) is 18.4 Å². The maximum Gasteiger partial charge on any atom is 0.326 e. The number of hydrogen-bond donors (Lipinski definition) is 2. The SMILES string of the molecule is CCC[C@H](NC(=O)Cc1cccc(F)c1)C(=O)O. The minimum atomic E-state index is -1.05. The zero-order valence-corrected chi connectivity index (χ0v) is 10.1. The number of aliphatic carboxylic acids is 1. The molecular formula is C13H16FNO3. The molecule has 4 nitrogen and oxygen atoms in total. The van der Waals surface area contributed by atoms with Crippen molar-refractivity contribution < 1.29 is 19.1 Å². The van der Waals surface area contributed by atoms with Crippen molar-refractivity contribution in [2.45, 2.75) is 32.2 Å². The predicted molar refractivity (Wildman–Crippen MR) is 64.6 cm³/mol. The summed E-state index contributed by atoms with van der Waals surface area (Å²) in [4.78, 5) is 22.5. The van der Waals surface area contributed by atoms with Gasteiger partial charge < -0.3 is 10.4 Å². The summed E-state index contributed by atoms with van der Waals surface area (Å²) in [6.45, 7) is 1.84. The first-order chi connectivity index (χ1) is 8.52. The summed E-state index contributed by atoms with van der Waals surface area (Å²) >= 11 is 0. The van der Waals surface area contributed by atoms with Crippen molar-refractivity contribution >= 4 is 11.9 Å². The van der Waals surface area contributed by atoms with Gasteiger partial charge in [-0.05, 0) is 24.1 Å². The van der Waals surface area contributed by atoms with Crippen LogP contribution < -0.4 is 5.32 Å². The lowest BCUT2D eigenvalue weighted by atomic mass is 10.1. The van der Waals surface area contributed by atoms with Crippen LogP contribution in [0.25, 0.3) is 0 Å². The third-order valence-corrected chi connectivity index (χ3v) is 2.46. The van der Waals surface area contributed by atoms with E-state index in [0.717, 1.165) is 0 Å². The van der Waals surface area contributed by atoms with Gasteiger partial charge in [-0.15, -0.1) is 0 Å². The summed E-state index contributed by atoms with van der Waals surface area (Å²) in [6.07, 6.45) is 1.02. The first-order valence-electron chi connectivity index (χ1n) is 5.79. The Morgan fingerprint density at radius 3 is 2.72 bits per heavy atom. The molecular weight excluding hydrogens is 237 g/mol. The first-order valence-corrected chi connectivity index (χ1v) is 5.79. The molecule has 1 aromatic carbocycles. The standard InChI is InChI=1S/C13H16FNO3/c1-2-4-11(13(17)18)15-12(16)8-9-5-3-6-10(14)7-9/h3,5-7,11H,2,4,8H2,1H3,(H,15,16)(H,17,18)/t11-/m0/s1. The molecule has 0 aliphatic carbocycles. The topological polar surface area (TPSA) is 66.4 Å². The molecule has 1 aromatic rings. The highest BCUT2D eigenvalue weighted by molar-refractivity contribution is 5.84. The summed E-state index contributed by atoms with van der Waals surface area (Å²) in [5.41, 5.74) is 0.521. The number of carbonyl (C=O) groups is 2. The number of rotatable bonds is 6. The summed E-state index contributed by atoms with van der Waals surface area (Å²) in [5, 5.41) is 11.3. The highest BCUT2D eigenvalue weighted by Crippen LogP contribution is 2.05. The van der Waals surface area contributed by atoms with Crippen LogP contribution in [0.1, 0.15) is 25.3 Å². The van der Waals surface area contributed by atoms with Crippen molar-refractivity contribution in [2.75, 3.05) is 0 Å². The zero-order valence-electron chi connectivity index (χ0n) is 10.1. The van der Waals surface area contributed by atoms with E-state index in [9.17, 15) is 14.0 Å². The minimum Gasteiger partial charge on any atom is -0.480 e. The molecule has 1 atom stereocenters. The van der Waals surface area contributed by atoms with E-state index in [1.165, 1.54) is 18.2 Å². The summed E-state index contributed by atoms with van der Waals surface area (Å²) in [5.74, 6) is -1.88. The van der Waals surface area contributed by atoms with Crippen molar-refractivity contribution in [3.8, 4) is 0 Å². The molecule has 0 saturated carbocycles. The number of carboxylic acids is 1. The van der Waals surface area contributed by atoms with Gasteiger partial charge >= 0.3 is 5.97 Å². The second-order valence-corrected chi connectivity index (χ2v) is 4.05. The zero-order chi connectivity index (χ0) is 13.5. The molecule has 18 heavy (non-hydrogen) atoms. The van der Waals surface area contributed by atoms with Crippen LogP contribution in [0, 0.1) is 5.82 Å². The molecule has 5 heteroatoms. The molecule has 1 amide bonds. The summed E-state index contributed by atoms with van der Waals surface area (Å²) < 4.78 is 12.9. The largest absolute Gasteiger partial charge is 0.480 e. The maximum atomic E-state index is 12.9. The van der Waals surface area contributed by atoms with Crippen LogP contribution in [0.5, 0.6) is 0 Å². The van der Waals surface area contributed by atoms with E-state index in [1.807, 2.05) is 6.92 Å². The van der Waals surface area contributed by atoms with Gasteiger partial charge in [-0.3, -0.25) is 4.79 Å². The summed E-state index contributed by atoms with van der Waals surface area (Å²) in [6, 6.07) is 4.81. The molecule has 2 N–H and O–H groups in total. The van der Waals surface area contributed by atoms with Gasteiger partial charge in [0.15, 0.2) is 0 Å². The molecule has 0 aromatic heterocycles. The van der Waals surface area contributed by atoms with E-state index < -0.39 is 23.7 Å². The lowest BCUT2D eigenvalue weighted by Gasteiger charge is -2.13. The highest BCUT2D eigenvalue weighted by atomic mass is 19.1. The van der Waals surface area contributed by atoms with E-state index >= 15 is 0 Å². The van der Waals surface area contributed by atoms with Gasteiger partial charge in [-0.1, -0.05) is 25.5 Å². The monoisotopic (exact) mass is 253 g/mol. The van der Waals surface area contributed by atoms with Gasteiger partial charge in [0.25, 0.3) is 0 Å². The Morgan fingerprint density at radius 1 is 1.44 bits per heavy atom. The van der Waals surface area contributed by atoms with Gasteiger partial charge in [0.1, 0.15) is 11.9 Å². The fraction of sp³-hybridized carbons (Fsp3) is 0.385. The van der Waals surface area contributed by atoms with E-state index in [1.54, 1.807) is 6.07 Å². The van der Waals surface area contributed by atoms with Crippen LogP contribution in [0.2, 0.25) is 0 Å². The molecule has 1 rings (SSSR count). The van der Waals surface area contributed by atoms with Gasteiger partial charge in [-0.25, -0.2) is 9.18 Å². The van der Waals surface area contributed by atoms with E-state index in [-0.39, 0.29) is 6.42 Å². The Kier molecular flexibility index (Phi) is 5.30. The molecule has 0 unspecified atom stereocenters. The normalized spacial score (nSPS) is 11.9. The van der Waals surface area contributed by atoms with Crippen LogP contribution in [0.15, 0.2) is 24.3 Å². The molecule has 0 radical (unpaired) electrons. The van der Waals surface area contributed by atoms with Crippen molar-refractivity contribution in [1.29, 1.82) is 0 Å². The van der Waals surface area contributed by atoms with E-state index in [4.69, 9.17) is 5.11 Å². The van der Waals surface area contributed by atoms with Gasteiger partial charge in [0.2, 0.25) is 5.91 Å². The first kappa shape index (κ1) is 14.2. The second kappa shape index (κ2) is 6.74. The minimum absolute atomic E-state index is 0.0226. The second-order valence-electron chi connectivity index (χ2n) is 4.05. The van der Waals surface area contributed by atoms with Gasteiger partial charge in [0.05, 0.1) is 6.42 Å². The third kappa shape index (κ3) is 4.53. The molecule has 0 aliphatic heterocycles.